The first-order valence-electron chi connectivity index (χ1n) is 5.22. The maximum absolute atomic E-state index is 4.37. The van der Waals surface area contributed by atoms with E-state index in [1.165, 1.54) is 16.7 Å². The van der Waals surface area contributed by atoms with E-state index in [1.807, 2.05) is 10.9 Å². The Labute approximate surface area is 88.7 Å². The number of aromatic nitrogens is 2. The number of hydrogen-bond donors (Lipinski definition) is 1. The molecule has 0 aliphatic carbocycles. The van der Waals surface area contributed by atoms with E-state index in [4.69, 9.17) is 0 Å². The van der Waals surface area contributed by atoms with Gasteiger partial charge in [-0.25, -0.2) is 4.68 Å². The summed E-state index contributed by atoms with van der Waals surface area (Å²) >= 11 is 0. The number of aryl methyl sites for hydroxylation is 1. The SMILES string of the molecule is Cc1ccccc1-c1cnn2c1NCC2. The molecule has 3 nitrogen and oxygen atoms in total. The molecule has 1 aromatic heterocycles. The van der Waals surface area contributed by atoms with Crippen LogP contribution in [-0.2, 0) is 6.54 Å². The van der Waals surface area contributed by atoms with Gasteiger partial charge in [-0.3, -0.25) is 0 Å². The van der Waals surface area contributed by atoms with Crippen LogP contribution in [0.25, 0.3) is 11.1 Å². The summed E-state index contributed by atoms with van der Waals surface area (Å²) in [6.45, 7) is 4.09. The minimum Gasteiger partial charge on any atom is -0.368 e. The topological polar surface area (TPSA) is 29.9 Å². The summed E-state index contributed by atoms with van der Waals surface area (Å²) < 4.78 is 2.03. The summed E-state index contributed by atoms with van der Waals surface area (Å²) in [5.41, 5.74) is 3.78. The van der Waals surface area contributed by atoms with Crippen LogP contribution in [0.4, 0.5) is 5.82 Å². The van der Waals surface area contributed by atoms with Gasteiger partial charge in [-0.05, 0) is 18.1 Å². The molecule has 0 unspecified atom stereocenters. The van der Waals surface area contributed by atoms with Crippen molar-refractivity contribution in [2.24, 2.45) is 0 Å². The molecule has 0 atom stereocenters. The fourth-order valence-corrected chi connectivity index (χ4v) is 2.09. The molecule has 3 heteroatoms. The molecule has 0 fully saturated rings. The molecule has 76 valence electrons. The van der Waals surface area contributed by atoms with Gasteiger partial charge in [0, 0.05) is 12.1 Å². The fourth-order valence-electron chi connectivity index (χ4n) is 2.09. The quantitative estimate of drug-likeness (QED) is 0.763. The van der Waals surface area contributed by atoms with Gasteiger partial charge in [-0.1, -0.05) is 24.3 Å². The first kappa shape index (κ1) is 8.53. The summed E-state index contributed by atoms with van der Waals surface area (Å²) in [7, 11) is 0. The van der Waals surface area contributed by atoms with Crippen molar-refractivity contribution in [3.63, 3.8) is 0 Å². The number of anilines is 1. The maximum Gasteiger partial charge on any atom is 0.132 e. The van der Waals surface area contributed by atoms with Gasteiger partial charge in [0.15, 0.2) is 0 Å². The summed E-state index contributed by atoms with van der Waals surface area (Å²) in [6.07, 6.45) is 1.95. The highest BCUT2D eigenvalue weighted by molar-refractivity contribution is 5.77. The van der Waals surface area contributed by atoms with Crippen molar-refractivity contribution in [2.75, 3.05) is 11.9 Å². The Morgan fingerprint density at radius 2 is 2.13 bits per heavy atom. The third kappa shape index (κ3) is 1.23. The van der Waals surface area contributed by atoms with E-state index in [0.29, 0.717) is 0 Å². The average molecular weight is 199 g/mol. The van der Waals surface area contributed by atoms with Gasteiger partial charge in [-0.15, -0.1) is 0 Å². The number of fused-ring (bicyclic) bond motifs is 1. The van der Waals surface area contributed by atoms with Gasteiger partial charge in [0.25, 0.3) is 0 Å². The predicted octanol–water partition coefficient (Wildman–Crippen LogP) is 2.28. The Kier molecular flexibility index (Phi) is 1.78. The molecule has 2 aromatic rings. The Morgan fingerprint density at radius 3 is 3.00 bits per heavy atom. The van der Waals surface area contributed by atoms with E-state index in [0.717, 1.165) is 18.9 Å². The number of rotatable bonds is 1. The molecular weight excluding hydrogens is 186 g/mol. The Hall–Kier alpha value is -1.77. The third-order valence-electron chi connectivity index (χ3n) is 2.89. The molecule has 0 spiro atoms. The van der Waals surface area contributed by atoms with Crippen molar-refractivity contribution in [3.05, 3.63) is 36.0 Å². The Bertz CT molecular complexity index is 499. The zero-order valence-corrected chi connectivity index (χ0v) is 8.70. The van der Waals surface area contributed by atoms with Crippen LogP contribution in [0.3, 0.4) is 0 Å². The molecular formula is C12H13N3. The van der Waals surface area contributed by atoms with E-state index in [9.17, 15) is 0 Å². The highest BCUT2D eigenvalue weighted by atomic mass is 15.4. The summed E-state index contributed by atoms with van der Waals surface area (Å²) in [5, 5.41) is 7.74. The number of nitrogens with one attached hydrogen (secondary N) is 1. The van der Waals surface area contributed by atoms with Crippen LogP contribution in [0.2, 0.25) is 0 Å². The molecule has 0 saturated carbocycles. The van der Waals surface area contributed by atoms with Crippen molar-refractivity contribution in [2.45, 2.75) is 13.5 Å². The van der Waals surface area contributed by atoms with Gasteiger partial charge < -0.3 is 5.32 Å². The molecule has 1 aliphatic rings. The zero-order valence-electron chi connectivity index (χ0n) is 8.70. The maximum atomic E-state index is 4.37. The lowest BCUT2D eigenvalue weighted by Gasteiger charge is -2.04. The molecule has 1 N–H and O–H groups in total. The molecule has 1 aliphatic heterocycles. The highest BCUT2D eigenvalue weighted by Crippen LogP contribution is 2.31. The van der Waals surface area contributed by atoms with E-state index >= 15 is 0 Å². The average Bonchev–Trinajstić information content (AvgIpc) is 2.80. The number of hydrogen-bond acceptors (Lipinski definition) is 2. The van der Waals surface area contributed by atoms with Gasteiger partial charge in [0.05, 0.1) is 12.7 Å². The second-order valence-electron chi connectivity index (χ2n) is 3.87. The molecule has 3 rings (SSSR count). The van der Waals surface area contributed by atoms with Crippen LogP contribution < -0.4 is 5.32 Å². The van der Waals surface area contributed by atoms with Crippen molar-refractivity contribution in [3.8, 4) is 11.1 Å². The van der Waals surface area contributed by atoms with E-state index < -0.39 is 0 Å². The molecule has 15 heavy (non-hydrogen) atoms. The molecule has 0 saturated heterocycles. The van der Waals surface area contributed by atoms with Crippen LogP contribution in [-0.4, -0.2) is 16.3 Å². The lowest BCUT2D eigenvalue weighted by atomic mass is 10.0. The fraction of sp³-hybridized carbons (Fsp3) is 0.250. The number of nitrogens with zero attached hydrogens (tertiary/aromatic N) is 2. The molecule has 0 bridgehead atoms. The normalized spacial score (nSPS) is 13.7. The lowest BCUT2D eigenvalue weighted by molar-refractivity contribution is 0.696. The van der Waals surface area contributed by atoms with Gasteiger partial charge in [0.1, 0.15) is 5.82 Å². The minimum atomic E-state index is 0.973. The highest BCUT2D eigenvalue weighted by Gasteiger charge is 2.17. The second kappa shape index (κ2) is 3.12. The van der Waals surface area contributed by atoms with Crippen LogP contribution in [0, 0.1) is 6.92 Å². The monoisotopic (exact) mass is 199 g/mol. The largest absolute Gasteiger partial charge is 0.368 e. The smallest absolute Gasteiger partial charge is 0.132 e. The molecule has 2 heterocycles. The third-order valence-corrected chi connectivity index (χ3v) is 2.89. The van der Waals surface area contributed by atoms with Gasteiger partial charge in [0.2, 0.25) is 0 Å². The van der Waals surface area contributed by atoms with Crippen LogP contribution >= 0.6 is 0 Å². The zero-order chi connectivity index (χ0) is 10.3. The second-order valence-corrected chi connectivity index (χ2v) is 3.87. The van der Waals surface area contributed by atoms with E-state index in [2.05, 4.69) is 41.6 Å². The molecule has 1 aromatic carbocycles. The summed E-state index contributed by atoms with van der Waals surface area (Å²) in [6, 6.07) is 8.42. The van der Waals surface area contributed by atoms with Crippen LogP contribution in [0.5, 0.6) is 0 Å². The summed E-state index contributed by atoms with van der Waals surface area (Å²) in [4.78, 5) is 0. The van der Waals surface area contributed by atoms with Crippen LogP contribution in [0.15, 0.2) is 30.5 Å². The Balaban J connectivity index is 2.17. The van der Waals surface area contributed by atoms with Gasteiger partial charge >= 0.3 is 0 Å². The van der Waals surface area contributed by atoms with Crippen molar-refractivity contribution < 1.29 is 0 Å². The van der Waals surface area contributed by atoms with Gasteiger partial charge in [-0.2, -0.15) is 5.10 Å². The summed E-state index contributed by atoms with van der Waals surface area (Å²) in [5.74, 6) is 1.16. The first-order valence-corrected chi connectivity index (χ1v) is 5.22. The standard InChI is InChI=1S/C12H13N3/c1-9-4-2-3-5-10(9)11-8-14-15-7-6-13-12(11)15/h2-5,8,13H,6-7H2,1H3. The van der Waals surface area contributed by atoms with Crippen molar-refractivity contribution in [1.82, 2.24) is 9.78 Å². The first-order chi connectivity index (χ1) is 7.36. The van der Waals surface area contributed by atoms with Crippen molar-refractivity contribution in [1.29, 1.82) is 0 Å². The number of benzene rings is 1. The molecule has 0 amide bonds. The van der Waals surface area contributed by atoms with Crippen LogP contribution in [0.1, 0.15) is 5.56 Å². The lowest BCUT2D eigenvalue weighted by Crippen LogP contribution is -1.95. The van der Waals surface area contributed by atoms with E-state index in [1.54, 1.807) is 0 Å². The predicted molar refractivity (Wildman–Crippen MR) is 60.9 cm³/mol. The van der Waals surface area contributed by atoms with E-state index in [-0.39, 0.29) is 0 Å². The minimum absolute atomic E-state index is 0.973. The molecule has 0 radical (unpaired) electrons. The van der Waals surface area contributed by atoms with Crippen molar-refractivity contribution >= 4 is 5.82 Å². The Morgan fingerprint density at radius 1 is 1.27 bits per heavy atom.